The van der Waals surface area contributed by atoms with Crippen LogP contribution >= 0.6 is 0 Å². The van der Waals surface area contributed by atoms with Gasteiger partial charge in [-0.05, 0) is 37.9 Å². The van der Waals surface area contributed by atoms with Crippen molar-refractivity contribution in [2.45, 2.75) is 65.5 Å². The number of benzene rings is 1. The Kier molecular flexibility index (Phi) is 7.42. The van der Waals surface area contributed by atoms with Gasteiger partial charge in [0.05, 0.1) is 12.7 Å². The van der Waals surface area contributed by atoms with Crippen molar-refractivity contribution in [1.82, 2.24) is 15.2 Å². The average Bonchev–Trinajstić information content (AvgIpc) is 3.03. The van der Waals surface area contributed by atoms with E-state index in [1.54, 1.807) is 5.01 Å². The first kappa shape index (κ1) is 21.4. The molecule has 0 fully saturated rings. The first-order valence-corrected chi connectivity index (χ1v) is 10.1. The Bertz CT molecular complexity index is 633. The van der Waals surface area contributed by atoms with Gasteiger partial charge in [0, 0.05) is 11.6 Å². The summed E-state index contributed by atoms with van der Waals surface area (Å²) in [6.07, 6.45) is 4.40. The molecule has 0 spiro atoms. The van der Waals surface area contributed by atoms with Crippen LogP contribution in [-0.2, 0) is 0 Å². The Morgan fingerprint density at radius 2 is 1.93 bits per heavy atom. The van der Waals surface area contributed by atoms with Gasteiger partial charge in [0.1, 0.15) is 0 Å². The highest BCUT2D eigenvalue weighted by Gasteiger charge is 2.34. The van der Waals surface area contributed by atoms with E-state index in [4.69, 9.17) is 5.10 Å². The van der Waals surface area contributed by atoms with E-state index in [1.165, 1.54) is 18.4 Å². The van der Waals surface area contributed by atoms with Crippen molar-refractivity contribution < 1.29 is 4.79 Å². The smallest absolute Gasteiger partial charge is 0.320 e. The molecule has 150 valence electrons. The maximum atomic E-state index is 12.9. The Morgan fingerprint density at radius 1 is 1.26 bits per heavy atom. The van der Waals surface area contributed by atoms with Crippen molar-refractivity contribution >= 4 is 11.7 Å². The largest absolute Gasteiger partial charge is 0.339 e. The minimum Gasteiger partial charge on any atom is -0.320 e. The van der Waals surface area contributed by atoms with Crippen molar-refractivity contribution in [3.05, 3.63) is 35.9 Å². The molecule has 0 aromatic heterocycles. The van der Waals surface area contributed by atoms with Crippen molar-refractivity contribution in [2.75, 3.05) is 20.6 Å². The number of carbonyl (C=O) groups is 1. The van der Waals surface area contributed by atoms with E-state index >= 15 is 0 Å². The molecule has 0 saturated heterocycles. The molecule has 1 aliphatic rings. The molecular formula is C22H36N4O. The second-order valence-electron chi connectivity index (χ2n) is 8.78. The number of nitrogens with one attached hydrogen (secondary N) is 1. The number of hydrazone groups is 1. The molecule has 1 N–H and O–H groups in total. The first-order chi connectivity index (χ1) is 12.7. The zero-order chi connectivity index (χ0) is 20.0. The Labute approximate surface area is 164 Å². The molecule has 2 atom stereocenters. The predicted octanol–water partition coefficient (Wildman–Crippen LogP) is 4.67. The van der Waals surface area contributed by atoms with Gasteiger partial charge in [0.25, 0.3) is 0 Å². The first-order valence-electron chi connectivity index (χ1n) is 10.1. The van der Waals surface area contributed by atoms with Gasteiger partial charge in [-0.3, -0.25) is 4.90 Å². The third kappa shape index (κ3) is 5.80. The van der Waals surface area contributed by atoms with Crippen LogP contribution in [0, 0.1) is 5.41 Å². The zero-order valence-electron chi connectivity index (χ0n) is 17.8. The van der Waals surface area contributed by atoms with Crippen LogP contribution in [0.5, 0.6) is 0 Å². The van der Waals surface area contributed by atoms with Gasteiger partial charge >= 0.3 is 6.03 Å². The van der Waals surface area contributed by atoms with Gasteiger partial charge in [-0.25, -0.2) is 9.80 Å². The summed E-state index contributed by atoms with van der Waals surface area (Å²) in [5.74, 6) is 0.196. The van der Waals surface area contributed by atoms with E-state index in [2.05, 4.69) is 62.2 Å². The normalized spacial score (nSPS) is 18.6. The van der Waals surface area contributed by atoms with Gasteiger partial charge in [-0.1, -0.05) is 70.9 Å². The molecule has 2 amide bonds. The summed E-state index contributed by atoms with van der Waals surface area (Å²) >= 11 is 0. The van der Waals surface area contributed by atoms with Crippen molar-refractivity contribution in [3.63, 3.8) is 0 Å². The summed E-state index contributed by atoms with van der Waals surface area (Å²) in [6, 6.07) is 10.3. The lowest BCUT2D eigenvalue weighted by Gasteiger charge is -2.37. The van der Waals surface area contributed by atoms with Crippen LogP contribution in [0.4, 0.5) is 4.79 Å². The minimum absolute atomic E-state index is 0.0560. The monoisotopic (exact) mass is 372 g/mol. The molecule has 1 heterocycles. The molecule has 2 unspecified atom stereocenters. The summed E-state index contributed by atoms with van der Waals surface area (Å²) in [5, 5.41) is 9.52. The molecule has 5 heteroatoms. The van der Waals surface area contributed by atoms with Crippen LogP contribution < -0.4 is 5.32 Å². The van der Waals surface area contributed by atoms with Crippen molar-refractivity contribution in [3.8, 4) is 0 Å². The third-order valence-corrected chi connectivity index (χ3v) is 5.08. The Balaban J connectivity index is 2.15. The van der Waals surface area contributed by atoms with Crippen molar-refractivity contribution in [1.29, 1.82) is 0 Å². The fourth-order valence-corrected chi connectivity index (χ4v) is 3.75. The second-order valence-corrected chi connectivity index (χ2v) is 8.78. The van der Waals surface area contributed by atoms with Crippen LogP contribution in [0.1, 0.15) is 64.9 Å². The lowest BCUT2D eigenvalue weighted by Crippen LogP contribution is -2.54. The zero-order valence-corrected chi connectivity index (χ0v) is 17.8. The van der Waals surface area contributed by atoms with E-state index in [9.17, 15) is 4.79 Å². The topological polar surface area (TPSA) is 47.9 Å². The van der Waals surface area contributed by atoms with Gasteiger partial charge in [-0.15, -0.1) is 0 Å². The molecule has 0 saturated carbocycles. The molecule has 1 aromatic rings. The Hall–Kier alpha value is -1.88. The van der Waals surface area contributed by atoms with Crippen LogP contribution in [0.25, 0.3) is 0 Å². The summed E-state index contributed by atoms with van der Waals surface area (Å²) in [7, 11) is 3.98. The lowest BCUT2D eigenvalue weighted by molar-refractivity contribution is 0.112. The molecule has 27 heavy (non-hydrogen) atoms. The SMILES string of the molecule is CCCCCC1=NN(C(=O)NC(N(C)C)C(C)(C)C)CC1c1ccccc1. The minimum atomic E-state index is -0.116. The maximum absolute atomic E-state index is 12.9. The number of hydrogen-bond donors (Lipinski definition) is 1. The van der Waals surface area contributed by atoms with Crippen LogP contribution in [0.2, 0.25) is 0 Å². The number of unbranched alkanes of at least 4 members (excludes halogenated alkanes) is 2. The van der Waals surface area contributed by atoms with E-state index in [1.807, 2.05) is 20.2 Å². The standard InChI is InChI=1S/C22H36N4O/c1-7-8-10-15-19-18(17-13-11-9-12-14-17)16-26(24-19)21(27)23-20(25(5)6)22(2,3)4/h9,11-14,18,20H,7-8,10,15-16H2,1-6H3,(H,23,27). The number of rotatable bonds is 7. The molecule has 1 aromatic carbocycles. The van der Waals surface area contributed by atoms with E-state index in [0.29, 0.717) is 6.54 Å². The highest BCUT2D eigenvalue weighted by atomic mass is 16.2. The van der Waals surface area contributed by atoms with E-state index in [-0.39, 0.29) is 23.5 Å². The quantitative estimate of drug-likeness (QED) is 0.559. The molecule has 1 aliphatic heterocycles. The number of hydrogen-bond acceptors (Lipinski definition) is 3. The van der Waals surface area contributed by atoms with E-state index in [0.717, 1.165) is 18.6 Å². The number of amides is 2. The molecule has 2 rings (SSSR count). The molecule has 0 radical (unpaired) electrons. The molecule has 0 aliphatic carbocycles. The molecular weight excluding hydrogens is 336 g/mol. The molecule has 5 nitrogen and oxygen atoms in total. The highest BCUT2D eigenvalue weighted by Crippen LogP contribution is 2.28. The maximum Gasteiger partial charge on any atom is 0.339 e. The van der Waals surface area contributed by atoms with Crippen LogP contribution in [-0.4, -0.2) is 48.5 Å². The fraction of sp³-hybridized carbons (Fsp3) is 0.636. The predicted molar refractivity (Wildman–Crippen MR) is 113 cm³/mol. The highest BCUT2D eigenvalue weighted by molar-refractivity contribution is 5.94. The summed E-state index contributed by atoms with van der Waals surface area (Å²) in [6.45, 7) is 9.22. The molecule has 0 bridgehead atoms. The van der Waals surface area contributed by atoms with Gasteiger partial charge in [0.2, 0.25) is 0 Å². The lowest BCUT2D eigenvalue weighted by atomic mass is 9.91. The summed E-state index contributed by atoms with van der Waals surface area (Å²) < 4.78 is 0. The van der Waals surface area contributed by atoms with Gasteiger partial charge in [0.15, 0.2) is 0 Å². The number of nitrogens with zero attached hydrogens (tertiary/aromatic N) is 3. The van der Waals surface area contributed by atoms with Crippen LogP contribution in [0.3, 0.4) is 0 Å². The number of carbonyl (C=O) groups excluding carboxylic acids is 1. The number of urea groups is 1. The van der Waals surface area contributed by atoms with Gasteiger partial charge < -0.3 is 5.32 Å². The average molecular weight is 373 g/mol. The fourth-order valence-electron chi connectivity index (χ4n) is 3.75. The van der Waals surface area contributed by atoms with Gasteiger partial charge in [-0.2, -0.15) is 5.10 Å². The summed E-state index contributed by atoms with van der Waals surface area (Å²) in [4.78, 5) is 15.0. The van der Waals surface area contributed by atoms with E-state index < -0.39 is 0 Å². The Morgan fingerprint density at radius 3 is 2.48 bits per heavy atom. The summed E-state index contributed by atoms with van der Waals surface area (Å²) in [5.41, 5.74) is 2.30. The van der Waals surface area contributed by atoms with Crippen molar-refractivity contribution in [2.24, 2.45) is 10.5 Å². The third-order valence-electron chi connectivity index (χ3n) is 5.08. The van der Waals surface area contributed by atoms with Crippen LogP contribution in [0.15, 0.2) is 35.4 Å². The second kappa shape index (κ2) is 9.36.